The summed E-state index contributed by atoms with van der Waals surface area (Å²) in [5, 5.41) is 1.74. The van der Waals surface area contributed by atoms with E-state index in [1.54, 1.807) is 25.1 Å². The summed E-state index contributed by atoms with van der Waals surface area (Å²) < 4.78 is 43.2. The zero-order chi connectivity index (χ0) is 18.9. The number of benzene rings is 3. The quantitative estimate of drug-likeness (QED) is 0.326. The van der Waals surface area contributed by atoms with Crippen molar-refractivity contribution >= 4 is 16.7 Å². The molecule has 0 unspecified atom stereocenters. The number of halogens is 3. The van der Waals surface area contributed by atoms with Crippen LogP contribution >= 0.6 is 0 Å². The van der Waals surface area contributed by atoms with Crippen molar-refractivity contribution in [1.29, 1.82) is 0 Å². The van der Waals surface area contributed by atoms with Crippen LogP contribution in [0.3, 0.4) is 0 Å². The number of esters is 1. The lowest BCUT2D eigenvalue weighted by Crippen LogP contribution is -2.07. The van der Waals surface area contributed by atoms with E-state index >= 15 is 0 Å². The second-order valence-electron chi connectivity index (χ2n) is 5.97. The van der Waals surface area contributed by atoms with E-state index in [4.69, 9.17) is 4.74 Å². The first-order valence-electron chi connectivity index (χ1n) is 7.83. The number of rotatable bonds is 3. The largest absolute Gasteiger partial charge is 0.423 e. The van der Waals surface area contributed by atoms with Gasteiger partial charge < -0.3 is 4.74 Å². The van der Waals surface area contributed by atoms with E-state index in [0.29, 0.717) is 16.9 Å². The molecule has 0 saturated carbocycles. The fraction of sp³-hybridized carbons (Fsp3) is 0.0952. The molecule has 0 aliphatic heterocycles. The van der Waals surface area contributed by atoms with Gasteiger partial charge in [0.15, 0.2) is 0 Å². The molecule has 5 heteroatoms. The van der Waals surface area contributed by atoms with E-state index in [1.807, 2.05) is 18.2 Å². The Morgan fingerprint density at radius 2 is 1.46 bits per heavy atom. The minimum atomic E-state index is -4.35. The maximum Gasteiger partial charge on any atom is 0.416 e. The molecule has 0 aromatic heterocycles. The molecule has 0 spiro atoms. The zero-order valence-corrected chi connectivity index (χ0v) is 13.9. The summed E-state index contributed by atoms with van der Waals surface area (Å²) in [7, 11) is 0. The average molecular weight is 356 g/mol. The third kappa shape index (κ3) is 3.77. The molecule has 0 heterocycles. The molecular formula is C21H15F3O2. The van der Waals surface area contributed by atoms with Crippen LogP contribution in [-0.4, -0.2) is 5.97 Å². The van der Waals surface area contributed by atoms with Gasteiger partial charge in [-0.2, -0.15) is 13.2 Å². The topological polar surface area (TPSA) is 26.3 Å². The van der Waals surface area contributed by atoms with Crippen LogP contribution in [0, 0.1) is 0 Å². The van der Waals surface area contributed by atoms with E-state index in [0.717, 1.165) is 28.5 Å². The second kappa shape index (κ2) is 6.67. The second-order valence-corrected chi connectivity index (χ2v) is 5.97. The van der Waals surface area contributed by atoms with Crippen molar-refractivity contribution in [3.05, 3.63) is 78.4 Å². The minimum absolute atomic E-state index is 0.308. The van der Waals surface area contributed by atoms with E-state index in [9.17, 15) is 18.0 Å². The number of alkyl halides is 3. The Kier molecular flexibility index (Phi) is 4.55. The van der Waals surface area contributed by atoms with Crippen LogP contribution in [-0.2, 0) is 11.0 Å². The van der Waals surface area contributed by atoms with E-state index in [1.165, 1.54) is 12.1 Å². The van der Waals surface area contributed by atoms with Gasteiger partial charge in [0.25, 0.3) is 0 Å². The number of hydrogen-bond acceptors (Lipinski definition) is 2. The highest BCUT2D eigenvalue weighted by Gasteiger charge is 2.29. The highest BCUT2D eigenvalue weighted by atomic mass is 19.4. The molecule has 0 atom stereocenters. The van der Waals surface area contributed by atoms with Crippen LogP contribution in [0.2, 0.25) is 0 Å². The third-order valence-corrected chi connectivity index (χ3v) is 3.92. The van der Waals surface area contributed by atoms with Crippen molar-refractivity contribution in [2.75, 3.05) is 0 Å². The van der Waals surface area contributed by atoms with Crippen LogP contribution in [0.15, 0.2) is 72.8 Å². The Hall–Kier alpha value is -3.08. The van der Waals surface area contributed by atoms with E-state index in [-0.39, 0.29) is 0 Å². The van der Waals surface area contributed by atoms with Gasteiger partial charge in [0.05, 0.1) is 5.56 Å². The Bertz CT molecular complexity index is 986. The summed E-state index contributed by atoms with van der Waals surface area (Å²) in [6, 6.07) is 15.8. The lowest BCUT2D eigenvalue weighted by atomic mass is 10.00. The summed E-state index contributed by atoms with van der Waals surface area (Å²) >= 11 is 0. The smallest absolute Gasteiger partial charge is 0.416 e. The monoisotopic (exact) mass is 356 g/mol. The first-order chi connectivity index (χ1) is 12.2. The molecule has 3 aromatic carbocycles. The first-order valence-corrected chi connectivity index (χ1v) is 7.83. The maximum atomic E-state index is 12.7. The summed E-state index contributed by atoms with van der Waals surface area (Å²) in [6.07, 6.45) is -4.35. The molecule has 0 fully saturated rings. The van der Waals surface area contributed by atoms with Crippen molar-refractivity contribution < 1.29 is 22.7 Å². The molecule has 0 aliphatic rings. The predicted molar refractivity (Wildman–Crippen MR) is 94.8 cm³/mol. The van der Waals surface area contributed by atoms with Crippen LogP contribution in [0.1, 0.15) is 12.5 Å². The predicted octanol–water partition coefficient (Wildman–Crippen LogP) is 6.01. The summed E-state index contributed by atoms with van der Waals surface area (Å²) in [5.74, 6) is -0.0847. The molecule has 0 saturated heterocycles. The van der Waals surface area contributed by atoms with Gasteiger partial charge in [-0.05, 0) is 59.2 Å². The van der Waals surface area contributed by atoms with Crippen molar-refractivity contribution in [3.8, 4) is 16.9 Å². The Labute approximate surface area is 148 Å². The molecule has 0 bridgehead atoms. The normalized spacial score (nSPS) is 11.4. The van der Waals surface area contributed by atoms with Gasteiger partial charge in [0, 0.05) is 5.57 Å². The van der Waals surface area contributed by atoms with Crippen LogP contribution in [0.5, 0.6) is 5.75 Å². The molecule has 0 radical (unpaired) electrons. The zero-order valence-electron chi connectivity index (χ0n) is 13.9. The summed E-state index contributed by atoms with van der Waals surface area (Å²) in [6.45, 7) is 5.10. The molecule has 0 amide bonds. The molecule has 2 nitrogen and oxygen atoms in total. The molecule has 3 rings (SSSR count). The highest BCUT2D eigenvalue weighted by molar-refractivity contribution is 5.91. The van der Waals surface area contributed by atoms with Crippen LogP contribution in [0.4, 0.5) is 13.2 Å². The third-order valence-electron chi connectivity index (χ3n) is 3.92. The van der Waals surface area contributed by atoms with E-state index < -0.39 is 17.7 Å². The van der Waals surface area contributed by atoms with Gasteiger partial charge in [-0.3, -0.25) is 0 Å². The summed E-state index contributed by atoms with van der Waals surface area (Å²) in [5.41, 5.74) is 1.13. The van der Waals surface area contributed by atoms with Gasteiger partial charge in [-0.1, -0.05) is 36.9 Å². The van der Waals surface area contributed by atoms with Gasteiger partial charge >= 0.3 is 12.1 Å². The maximum absolute atomic E-state index is 12.7. The number of fused-ring (bicyclic) bond motifs is 1. The van der Waals surface area contributed by atoms with Crippen LogP contribution < -0.4 is 4.74 Å². The van der Waals surface area contributed by atoms with Crippen LogP contribution in [0.25, 0.3) is 21.9 Å². The van der Waals surface area contributed by atoms with Crippen molar-refractivity contribution in [1.82, 2.24) is 0 Å². The SMILES string of the molecule is C=C(C)C(=O)Oc1ccc2cc(-c3ccc(C(F)(F)F)cc3)ccc2c1. The average Bonchev–Trinajstić information content (AvgIpc) is 2.60. The highest BCUT2D eigenvalue weighted by Crippen LogP contribution is 2.32. The van der Waals surface area contributed by atoms with Gasteiger partial charge in [-0.25, -0.2) is 4.79 Å². The first kappa shape index (κ1) is 17.7. The van der Waals surface area contributed by atoms with Gasteiger partial charge in [-0.15, -0.1) is 0 Å². The lowest BCUT2D eigenvalue weighted by molar-refractivity contribution is -0.137. The number of carbonyl (C=O) groups excluding carboxylic acids is 1. The number of carbonyl (C=O) groups is 1. The molecule has 3 aromatic rings. The van der Waals surface area contributed by atoms with Crippen molar-refractivity contribution in [3.63, 3.8) is 0 Å². The lowest BCUT2D eigenvalue weighted by Gasteiger charge is -2.09. The standard InChI is InChI=1S/C21H15F3O2/c1-13(2)20(25)26-19-10-7-16-11-15(3-4-17(16)12-19)14-5-8-18(9-6-14)21(22,23)24/h3-12H,1H2,2H3. The van der Waals surface area contributed by atoms with Gasteiger partial charge in [0.1, 0.15) is 5.75 Å². The molecular weight excluding hydrogens is 341 g/mol. The molecule has 26 heavy (non-hydrogen) atoms. The van der Waals surface area contributed by atoms with Crippen molar-refractivity contribution in [2.45, 2.75) is 13.1 Å². The summed E-state index contributed by atoms with van der Waals surface area (Å²) in [4.78, 5) is 11.6. The van der Waals surface area contributed by atoms with Gasteiger partial charge in [0.2, 0.25) is 0 Å². The van der Waals surface area contributed by atoms with Crippen molar-refractivity contribution in [2.24, 2.45) is 0 Å². The molecule has 0 aliphatic carbocycles. The Morgan fingerprint density at radius 1 is 0.885 bits per heavy atom. The Balaban J connectivity index is 1.90. The van der Waals surface area contributed by atoms with E-state index in [2.05, 4.69) is 6.58 Å². The molecule has 132 valence electrons. The minimum Gasteiger partial charge on any atom is -0.423 e. The fourth-order valence-electron chi connectivity index (χ4n) is 2.51. The number of ether oxygens (including phenoxy) is 1. The molecule has 0 N–H and O–H groups in total. The Morgan fingerprint density at radius 3 is 2.08 bits per heavy atom. The number of hydrogen-bond donors (Lipinski definition) is 0. The fourth-order valence-corrected chi connectivity index (χ4v) is 2.51.